The minimum Gasteiger partial charge on any atom is -0.396 e. The summed E-state index contributed by atoms with van der Waals surface area (Å²) >= 11 is 0. The Balaban J connectivity index is 2.32. The second-order valence-corrected chi connectivity index (χ2v) is 4.65. The third-order valence-electron chi connectivity index (χ3n) is 2.84. The summed E-state index contributed by atoms with van der Waals surface area (Å²) < 4.78 is 13.3. The van der Waals surface area contributed by atoms with Gasteiger partial charge in [0, 0.05) is 12.0 Å². The minimum absolute atomic E-state index is 0.0732. The van der Waals surface area contributed by atoms with Crippen molar-refractivity contribution in [2.75, 3.05) is 26.3 Å². The molecule has 0 aliphatic heterocycles. The summed E-state index contributed by atoms with van der Waals surface area (Å²) in [7, 11) is 0. The number of halogens is 1. The van der Waals surface area contributed by atoms with Crippen LogP contribution >= 0.6 is 0 Å². The van der Waals surface area contributed by atoms with Crippen LogP contribution in [0.15, 0.2) is 24.3 Å². The molecule has 3 N–H and O–H groups in total. The second kappa shape index (κ2) is 6.69. The fourth-order valence-corrected chi connectivity index (χ4v) is 1.48. The van der Waals surface area contributed by atoms with Crippen molar-refractivity contribution in [3.05, 3.63) is 35.6 Å². The Morgan fingerprint density at radius 2 is 1.88 bits per heavy atom. The van der Waals surface area contributed by atoms with Gasteiger partial charge in [-0.25, -0.2) is 4.39 Å². The molecule has 4 heteroatoms. The number of nitrogens with one attached hydrogen (secondary N) is 1. The molecule has 0 saturated heterocycles. The van der Waals surface area contributed by atoms with Crippen LogP contribution in [0.1, 0.15) is 12.5 Å². The Hall–Kier alpha value is -0.970. The molecule has 0 spiro atoms. The lowest BCUT2D eigenvalue weighted by atomic mass is 9.93. The maximum absolute atomic E-state index is 13.3. The number of rotatable bonds is 7. The Bertz CT molecular complexity index is 340. The maximum Gasteiger partial charge on any atom is 0.126 e. The monoisotopic (exact) mass is 241 g/mol. The number of aliphatic hydroxyl groups excluding tert-OH is 2. The van der Waals surface area contributed by atoms with Crippen molar-refractivity contribution in [1.82, 2.24) is 5.32 Å². The Kier molecular flexibility index (Phi) is 5.55. The first-order valence-corrected chi connectivity index (χ1v) is 5.77. The Labute approximate surface area is 101 Å². The van der Waals surface area contributed by atoms with Gasteiger partial charge in [-0.05, 0) is 24.6 Å². The molecular formula is C13H20FNO2. The van der Waals surface area contributed by atoms with Crippen LogP contribution in [0.5, 0.6) is 0 Å². The van der Waals surface area contributed by atoms with Crippen molar-refractivity contribution in [2.24, 2.45) is 5.41 Å². The largest absolute Gasteiger partial charge is 0.396 e. The van der Waals surface area contributed by atoms with Crippen LogP contribution in [-0.4, -0.2) is 36.5 Å². The van der Waals surface area contributed by atoms with Crippen LogP contribution in [0.25, 0.3) is 0 Å². The lowest BCUT2D eigenvalue weighted by molar-refractivity contribution is 0.0700. The summed E-state index contributed by atoms with van der Waals surface area (Å²) in [5, 5.41) is 21.3. The molecule has 0 aliphatic carbocycles. The van der Waals surface area contributed by atoms with E-state index in [4.69, 9.17) is 10.2 Å². The highest BCUT2D eigenvalue weighted by Crippen LogP contribution is 2.12. The zero-order valence-electron chi connectivity index (χ0n) is 10.1. The van der Waals surface area contributed by atoms with Crippen LogP contribution in [0.4, 0.5) is 4.39 Å². The smallest absolute Gasteiger partial charge is 0.126 e. The van der Waals surface area contributed by atoms with E-state index in [1.54, 1.807) is 19.1 Å². The van der Waals surface area contributed by atoms with Crippen LogP contribution in [-0.2, 0) is 6.42 Å². The molecule has 1 aromatic carbocycles. The Morgan fingerprint density at radius 3 is 2.47 bits per heavy atom. The molecule has 0 heterocycles. The van der Waals surface area contributed by atoms with E-state index in [1.807, 2.05) is 6.07 Å². The number of hydrogen-bond donors (Lipinski definition) is 3. The summed E-state index contributed by atoms with van der Waals surface area (Å²) in [6.45, 7) is 2.78. The van der Waals surface area contributed by atoms with E-state index in [9.17, 15) is 4.39 Å². The molecule has 0 unspecified atom stereocenters. The summed E-state index contributed by atoms with van der Waals surface area (Å²) in [6.07, 6.45) is 0.597. The number of benzene rings is 1. The molecule has 3 nitrogen and oxygen atoms in total. The first-order chi connectivity index (χ1) is 8.11. The van der Waals surface area contributed by atoms with Gasteiger partial charge in [-0.15, -0.1) is 0 Å². The highest BCUT2D eigenvalue weighted by molar-refractivity contribution is 5.17. The molecule has 1 rings (SSSR count). The fraction of sp³-hybridized carbons (Fsp3) is 0.538. The lowest BCUT2D eigenvalue weighted by Crippen LogP contribution is -2.38. The highest BCUT2D eigenvalue weighted by atomic mass is 19.1. The van der Waals surface area contributed by atoms with Gasteiger partial charge in [0.25, 0.3) is 0 Å². The SMILES string of the molecule is CC(CO)(CO)CNCCc1ccccc1F. The van der Waals surface area contributed by atoms with E-state index in [0.717, 1.165) is 0 Å². The minimum atomic E-state index is -0.519. The predicted molar refractivity (Wildman–Crippen MR) is 65.3 cm³/mol. The van der Waals surface area contributed by atoms with Crippen molar-refractivity contribution >= 4 is 0 Å². The standard InChI is InChI=1S/C13H20FNO2/c1-13(9-16,10-17)8-15-7-6-11-4-2-3-5-12(11)14/h2-5,15-17H,6-10H2,1H3. The maximum atomic E-state index is 13.3. The zero-order valence-corrected chi connectivity index (χ0v) is 10.1. The summed E-state index contributed by atoms with van der Waals surface area (Å²) in [5.74, 6) is -0.193. The van der Waals surface area contributed by atoms with Gasteiger partial charge in [0.2, 0.25) is 0 Å². The molecule has 17 heavy (non-hydrogen) atoms. The fourth-order valence-electron chi connectivity index (χ4n) is 1.48. The van der Waals surface area contributed by atoms with Crippen LogP contribution in [0.2, 0.25) is 0 Å². The third-order valence-corrected chi connectivity index (χ3v) is 2.84. The van der Waals surface area contributed by atoms with Crippen molar-refractivity contribution < 1.29 is 14.6 Å². The number of aliphatic hydroxyl groups is 2. The topological polar surface area (TPSA) is 52.5 Å². The van der Waals surface area contributed by atoms with Gasteiger partial charge >= 0.3 is 0 Å². The Morgan fingerprint density at radius 1 is 1.24 bits per heavy atom. The summed E-state index contributed by atoms with van der Waals surface area (Å²) in [6, 6.07) is 6.68. The molecule has 0 amide bonds. The predicted octanol–water partition coefficient (Wildman–Crippen LogP) is 0.949. The van der Waals surface area contributed by atoms with Crippen molar-refractivity contribution in [1.29, 1.82) is 0 Å². The summed E-state index contributed by atoms with van der Waals surface area (Å²) in [5.41, 5.74) is 0.157. The molecule has 0 atom stereocenters. The molecule has 0 saturated carbocycles. The molecule has 96 valence electrons. The van der Waals surface area contributed by atoms with Gasteiger partial charge in [0.1, 0.15) is 5.82 Å². The third kappa shape index (κ3) is 4.42. The highest BCUT2D eigenvalue weighted by Gasteiger charge is 2.21. The van der Waals surface area contributed by atoms with Gasteiger partial charge in [0.05, 0.1) is 13.2 Å². The van der Waals surface area contributed by atoms with Gasteiger partial charge < -0.3 is 15.5 Å². The van der Waals surface area contributed by atoms with Crippen LogP contribution in [0.3, 0.4) is 0 Å². The van der Waals surface area contributed by atoms with E-state index < -0.39 is 5.41 Å². The van der Waals surface area contributed by atoms with Gasteiger partial charge in [-0.2, -0.15) is 0 Å². The van der Waals surface area contributed by atoms with E-state index in [2.05, 4.69) is 5.32 Å². The van der Waals surface area contributed by atoms with Crippen molar-refractivity contribution in [3.63, 3.8) is 0 Å². The molecule has 0 aliphatic rings. The van der Waals surface area contributed by atoms with Gasteiger partial charge in [-0.3, -0.25) is 0 Å². The molecule has 1 aromatic rings. The molecule has 0 aromatic heterocycles. The normalized spacial score (nSPS) is 11.8. The van der Waals surface area contributed by atoms with E-state index in [-0.39, 0.29) is 19.0 Å². The zero-order chi connectivity index (χ0) is 12.7. The van der Waals surface area contributed by atoms with E-state index >= 15 is 0 Å². The second-order valence-electron chi connectivity index (χ2n) is 4.65. The van der Waals surface area contributed by atoms with Gasteiger partial charge in [0.15, 0.2) is 0 Å². The van der Waals surface area contributed by atoms with Crippen LogP contribution in [0, 0.1) is 11.2 Å². The quantitative estimate of drug-likeness (QED) is 0.623. The molecular weight excluding hydrogens is 221 g/mol. The van der Waals surface area contributed by atoms with Crippen molar-refractivity contribution in [3.8, 4) is 0 Å². The first-order valence-electron chi connectivity index (χ1n) is 5.77. The van der Waals surface area contributed by atoms with Crippen LogP contribution < -0.4 is 5.32 Å². The van der Waals surface area contributed by atoms with E-state index in [0.29, 0.717) is 25.1 Å². The average molecular weight is 241 g/mol. The van der Waals surface area contributed by atoms with Gasteiger partial charge in [-0.1, -0.05) is 25.1 Å². The molecule has 0 radical (unpaired) electrons. The number of hydrogen-bond acceptors (Lipinski definition) is 3. The molecule has 0 fully saturated rings. The average Bonchev–Trinajstić information content (AvgIpc) is 2.36. The lowest BCUT2D eigenvalue weighted by Gasteiger charge is -2.24. The first kappa shape index (κ1) is 14.1. The summed E-state index contributed by atoms with van der Waals surface area (Å²) in [4.78, 5) is 0. The molecule has 0 bridgehead atoms. The van der Waals surface area contributed by atoms with Crippen molar-refractivity contribution in [2.45, 2.75) is 13.3 Å². The van der Waals surface area contributed by atoms with E-state index in [1.165, 1.54) is 6.07 Å².